The van der Waals surface area contributed by atoms with Crippen molar-refractivity contribution in [2.45, 2.75) is 13.0 Å². The summed E-state index contributed by atoms with van der Waals surface area (Å²) >= 11 is 5.81. The van der Waals surface area contributed by atoms with Gasteiger partial charge in [-0.2, -0.15) is 4.98 Å². The molecule has 86 valence electrons. The zero-order chi connectivity index (χ0) is 11.8. The normalized spacial score (nSPS) is 18.2. The Hall–Kier alpha value is -1.65. The Morgan fingerprint density at radius 2 is 2.12 bits per heavy atom. The molecule has 0 bridgehead atoms. The van der Waals surface area contributed by atoms with Crippen molar-refractivity contribution in [3.05, 3.63) is 47.4 Å². The van der Waals surface area contributed by atoms with Crippen LogP contribution in [0.1, 0.15) is 18.5 Å². The smallest absolute Gasteiger partial charge is 0.224 e. The maximum absolute atomic E-state index is 5.81. The third kappa shape index (κ3) is 1.75. The molecule has 0 saturated heterocycles. The van der Waals surface area contributed by atoms with Crippen molar-refractivity contribution in [2.75, 3.05) is 5.01 Å². The highest BCUT2D eigenvalue weighted by molar-refractivity contribution is 6.28. The fraction of sp³-hybridized carbons (Fsp3) is 0.167. The van der Waals surface area contributed by atoms with E-state index in [0.29, 0.717) is 0 Å². The summed E-state index contributed by atoms with van der Waals surface area (Å²) in [7, 11) is 0. The molecule has 1 N–H and O–H groups in total. The van der Waals surface area contributed by atoms with Gasteiger partial charge in [0.25, 0.3) is 0 Å². The van der Waals surface area contributed by atoms with Gasteiger partial charge < -0.3 is 0 Å². The van der Waals surface area contributed by atoms with Gasteiger partial charge in [0.1, 0.15) is 0 Å². The highest BCUT2D eigenvalue weighted by atomic mass is 35.5. The molecule has 0 amide bonds. The van der Waals surface area contributed by atoms with Gasteiger partial charge in [0, 0.05) is 12.3 Å². The molecule has 1 aromatic heterocycles. The molecular formula is C12H11ClN4. The van der Waals surface area contributed by atoms with Crippen LogP contribution in [0.5, 0.6) is 0 Å². The number of aromatic nitrogens is 2. The van der Waals surface area contributed by atoms with Crippen LogP contribution in [0.25, 0.3) is 0 Å². The number of rotatable bonds is 1. The SMILES string of the molecule is CC1NN(c2ccnc(Cl)n2)c2ccccc21. The Morgan fingerprint density at radius 3 is 2.94 bits per heavy atom. The Kier molecular flexibility index (Phi) is 2.46. The third-order valence-corrected chi connectivity index (χ3v) is 2.99. The van der Waals surface area contributed by atoms with Gasteiger partial charge in [0.15, 0.2) is 5.82 Å². The van der Waals surface area contributed by atoms with Gasteiger partial charge in [-0.25, -0.2) is 10.4 Å². The minimum absolute atomic E-state index is 0.251. The van der Waals surface area contributed by atoms with E-state index in [-0.39, 0.29) is 11.3 Å². The monoisotopic (exact) mass is 246 g/mol. The van der Waals surface area contributed by atoms with Crippen molar-refractivity contribution < 1.29 is 0 Å². The zero-order valence-electron chi connectivity index (χ0n) is 9.26. The van der Waals surface area contributed by atoms with Crippen LogP contribution in [0.3, 0.4) is 0 Å². The second-order valence-corrected chi connectivity index (χ2v) is 4.27. The van der Waals surface area contributed by atoms with Gasteiger partial charge in [-0.15, -0.1) is 0 Å². The van der Waals surface area contributed by atoms with Crippen LogP contribution in [0.2, 0.25) is 5.28 Å². The highest BCUT2D eigenvalue weighted by Gasteiger charge is 2.26. The van der Waals surface area contributed by atoms with Gasteiger partial charge >= 0.3 is 0 Å². The summed E-state index contributed by atoms with van der Waals surface area (Å²) in [5, 5.41) is 2.19. The highest BCUT2D eigenvalue weighted by Crippen LogP contribution is 2.36. The summed E-state index contributed by atoms with van der Waals surface area (Å²) in [6.45, 7) is 2.11. The summed E-state index contributed by atoms with van der Waals surface area (Å²) < 4.78 is 0. The lowest BCUT2D eigenvalue weighted by atomic mass is 10.1. The largest absolute Gasteiger partial charge is 0.259 e. The van der Waals surface area contributed by atoms with Crippen molar-refractivity contribution in [1.82, 2.24) is 15.4 Å². The Bertz CT molecular complexity index is 558. The molecule has 2 aromatic rings. The van der Waals surface area contributed by atoms with Gasteiger partial charge in [-0.05, 0) is 30.2 Å². The van der Waals surface area contributed by atoms with Gasteiger partial charge in [-0.3, -0.25) is 5.01 Å². The van der Waals surface area contributed by atoms with E-state index < -0.39 is 0 Å². The Labute approximate surface area is 104 Å². The summed E-state index contributed by atoms with van der Waals surface area (Å²) in [4.78, 5) is 8.09. The maximum Gasteiger partial charge on any atom is 0.224 e. The molecule has 1 atom stereocenters. The molecule has 1 aliphatic heterocycles. The second-order valence-electron chi connectivity index (χ2n) is 3.93. The zero-order valence-corrected chi connectivity index (χ0v) is 10.0. The first kappa shape index (κ1) is 10.5. The molecular weight excluding hydrogens is 236 g/mol. The Morgan fingerprint density at radius 1 is 1.29 bits per heavy atom. The van der Waals surface area contributed by atoms with Crippen LogP contribution in [0.4, 0.5) is 11.5 Å². The topological polar surface area (TPSA) is 41.0 Å². The third-order valence-electron chi connectivity index (χ3n) is 2.81. The maximum atomic E-state index is 5.81. The molecule has 1 aromatic carbocycles. The van der Waals surface area contributed by atoms with Crippen LogP contribution in [0.15, 0.2) is 36.5 Å². The lowest BCUT2D eigenvalue weighted by Crippen LogP contribution is -2.29. The summed E-state index contributed by atoms with van der Waals surface area (Å²) in [5.74, 6) is 0.752. The molecule has 0 saturated carbocycles. The van der Waals surface area contributed by atoms with E-state index in [0.717, 1.165) is 11.5 Å². The summed E-state index contributed by atoms with van der Waals surface area (Å²) in [5.41, 5.74) is 5.71. The first-order chi connectivity index (χ1) is 8.25. The number of halogens is 1. The molecule has 3 rings (SSSR count). The van der Waals surface area contributed by atoms with Gasteiger partial charge in [-0.1, -0.05) is 18.2 Å². The van der Waals surface area contributed by atoms with E-state index >= 15 is 0 Å². The number of anilines is 2. The number of nitrogens with zero attached hydrogens (tertiary/aromatic N) is 3. The molecule has 0 fully saturated rings. The molecule has 1 unspecified atom stereocenters. The van der Waals surface area contributed by atoms with E-state index in [1.54, 1.807) is 6.20 Å². The van der Waals surface area contributed by atoms with Crippen molar-refractivity contribution in [1.29, 1.82) is 0 Å². The fourth-order valence-corrected chi connectivity index (χ4v) is 2.17. The number of benzene rings is 1. The van der Waals surface area contributed by atoms with E-state index in [9.17, 15) is 0 Å². The molecule has 0 spiro atoms. The van der Waals surface area contributed by atoms with E-state index in [1.165, 1.54) is 5.56 Å². The number of hydrazine groups is 1. The van der Waals surface area contributed by atoms with Crippen molar-refractivity contribution in [3.8, 4) is 0 Å². The van der Waals surface area contributed by atoms with E-state index in [4.69, 9.17) is 11.6 Å². The predicted molar refractivity (Wildman–Crippen MR) is 67.2 cm³/mol. The van der Waals surface area contributed by atoms with Crippen LogP contribution in [0, 0.1) is 0 Å². The van der Waals surface area contributed by atoms with E-state index in [1.807, 2.05) is 23.2 Å². The molecule has 1 aliphatic rings. The molecule has 0 aliphatic carbocycles. The average molecular weight is 247 g/mol. The lowest BCUT2D eigenvalue weighted by Gasteiger charge is -2.18. The standard InChI is InChI=1S/C12H11ClN4/c1-8-9-4-2-3-5-10(9)17(16-8)11-6-7-14-12(13)15-11/h2-8,16H,1H3. The quantitative estimate of drug-likeness (QED) is 0.786. The summed E-state index contributed by atoms with van der Waals surface area (Å²) in [6, 6.07) is 10.3. The molecule has 5 heteroatoms. The molecule has 0 radical (unpaired) electrons. The average Bonchev–Trinajstić information content (AvgIpc) is 2.68. The van der Waals surface area contributed by atoms with Crippen molar-refractivity contribution >= 4 is 23.1 Å². The first-order valence-corrected chi connectivity index (χ1v) is 5.77. The summed E-state index contributed by atoms with van der Waals surface area (Å²) in [6.07, 6.45) is 1.65. The van der Waals surface area contributed by atoms with Crippen LogP contribution in [-0.2, 0) is 0 Å². The number of hydrogen-bond acceptors (Lipinski definition) is 4. The van der Waals surface area contributed by atoms with Crippen LogP contribution in [-0.4, -0.2) is 9.97 Å². The lowest BCUT2D eigenvalue weighted by molar-refractivity contribution is 0.629. The van der Waals surface area contributed by atoms with Crippen molar-refractivity contribution in [3.63, 3.8) is 0 Å². The number of fused-ring (bicyclic) bond motifs is 1. The minimum atomic E-state index is 0.251. The van der Waals surface area contributed by atoms with Crippen LogP contribution < -0.4 is 10.4 Å². The number of para-hydroxylation sites is 1. The second kappa shape index (κ2) is 3.98. The van der Waals surface area contributed by atoms with Gasteiger partial charge in [0.05, 0.1) is 11.7 Å². The van der Waals surface area contributed by atoms with Crippen LogP contribution >= 0.6 is 11.6 Å². The van der Waals surface area contributed by atoms with Crippen molar-refractivity contribution in [2.24, 2.45) is 0 Å². The number of hydrogen-bond donors (Lipinski definition) is 1. The minimum Gasteiger partial charge on any atom is -0.259 e. The molecule has 4 nitrogen and oxygen atoms in total. The number of nitrogens with one attached hydrogen (secondary N) is 1. The fourth-order valence-electron chi connectivity index (χ4n) is 2.03. The van der Waals surface area contributed by atoms with Gasteiger partial charge in [0.2, 0.25) is 5.28 Å². The first-order valence-electron chi connectivity index (χ1n) is 5.39. The molecule has 17 heavy (non-hydrogen) atoms. The predicted octanol–water partition coefficient (Wildman–Crippen LogP) is 2.85. The Balaban J connectivity index is 2.07. The molecule has 2 heterocycles. The van der Waals surface area contributed by atoms with E-state index in [2.05, 4.69) is 34.5 Å².